The third-order valence-electron chi connectivity index (χ3n) is 5.08. The summed E-state index contributed by atoms with van der Waals surface area (Å²) in [6.07, 6.45) is 0. The SMILES string of the molecule is CN(C)c1cc(CNc2ccc3nnc(-c4ccccc4F)n3n2)c2ccccc2n1. The quantitative estimate of drug-likeness (QED) is 0.467. The van der Waals surface area contributed by atoms with E-state index < -0.39 is 0 Å². The number of benzene rings is 2. The van der Waals surface area contributed by atoms with Crippen LogP contribution in [0, 0.1) is 5.82 Å². The molecule has 8 heteroatoms. The number of rotatable bonds is 5. The van der Waals surface area contributed by atoms with Gasteiger partial charge in [0.25, 0.3) is 0 Å². The van der Waals surface area contributed by atoms with Crippen LogP contribution in [0.5, 0.6) is 0 Å². The third-order valence-corrected chi connectivity index (χ3v) is 5.08. The zero-order valence-corrected chi connectivity index (χ0v) is 17.1. The van der Waals surface area contributed by atoms with Crippen molar-refractivity contribution in [3.8, 4) is 11.4 Å². The average Bonchev–Trinajstić information content (AvgIpc) is 3.20. The first-order valence-corrected chi connectivity index (χ1v) is 9.87. The lowest BCUT2D eigenvalue weighted by Gasteiger charge is -2.15. The fourth-order valence-corrected chi connectivity index (χ4v) is 3.49. The van der Waals surface area contributed by atoms with Gasteiger partial charge in [-0.2, -0.15) is 4.52 Å². The molecular formula is C23H20FN7. The molecular weight excluding hydrogens is 393 g/mol. The monoisotopic (exact) mass is 413 g/mol. The Labute approximate surface area is 178 Å². The number of nitrogens with one attached hydrogen (secondary N) is 1. The van der Waals surface area contributed by atoms with Gasteiger partial charge in [-0.1, -0.05) is 30.3 Å². The van der Waals surface area contributed by atoms with E-state index in [0.717, 1.165) is 22.3 Å². The maximum Gasteiger partial charge on any atom is 0.188 e. The molecule has 3 aromatic heterocycles. The van der Waals surface area contributed by atoms with Gasteiger partial charge in [0.2, 0.25) is 0 Å². The molecule has 0 fully saturated rings. The van der Waals surface area contributed by atoms with Crippen molar-refractivity contribution >= 4 is 28.2 Å². The highest BCUT2D eigenvalue weighted by atomic mass is 19.1. The first-order valence-electron chi connectivity index (χ1n) is 9.87. The highest BCUT2D eigenvalue weighted by Gasteiger charge is 2.14. The summed E-state index contributed by atoms with van der Waals surface area (Å²) in [4.78, 5) is 6.69. The Morgan fingerprint density at radius 2 is 1.77 bits per heavy atom. The molecule has 2 aromatic carbocycles. The molecule has 0 bridgehead atoms. The summed E-state index contributed by atoms with van der Waals surface area (Å²) >= 11 is 0. The van der Waals surface area contributed by atoms with Gasteiger partial charge in [0.05, 0.1) is 11.1 Å². The molecule has 0 atom stereocenters. The minimum atomic E-state index is -0.364. The molecule has 5 aromatic rings. The molecule has 0 radical (unpaired) electrons. The van der Waals surface area contributed by atoms with Crippen molar-refractivity contribution in [3.63, 3.8) is 0 Å². The molecule has 0 saturated heterocycles. The van der Waals surface area contributed by atoms with E-state index in [4.69, 9.17) is 4.98 Å². The normalized spacial score (nSPS) is 11.2. The Kier molecular flexibility index (Phi) is 4.66. The van der Waals surface area contributed by atoms with Gasteiger partial charge in [0, 0.05) is 26.0 Å². The summed E-state index contributed by atoms with van der Waals surface area (Å²) in [6, 6.07) is 20.2. The van der Waals surface area contributed by atoms with Gasteiger partial charge >= 0.3 is 0 Å². The van der Waals surface area contributed by atoms with Crippen molar-refractivity contribution in [3.05, 3.63) is 78.1 Å². The lowest BCUT2D eigenvalue weighted by atomic mass is 10.1. The first-order chi connectivity index (χ1) is 15.1. The number of halogens is 1. The average molecular weight is 413 g/mol. The molecule has 31 heavy (non-hydrogen) atoms. The number of anilines is 2. The van der Waals surface area contributed by atoms with E-state index in [2.05, 4.69) is 32.7 Å². The minimum absolute atomic E-state index is 0.357. The van der Waals surface area contributed by atoms with Gasteiger partial charge in [-0.05, 0) is 42.0 Å². The van der Waals surface area contributed by atoms with Crippen LogP contribution in [0.4, 0.5) is 16.0 Å². The fraction of sp³-hybridized carbons (Fsp3) is 0.130. The number of aromatic nitrogens is 5. The number of pyridine rings is 1. The number of nitrogens with zero attached hydrogens (tertiary/aromatic N) is 6. The Morgan fingerprint density at radius 1 is 0.968 bits per heavy atom. The molecule has 1 N–H and O–H groups in total. The zero-order chi connectivity index (χ0) is 21.4. The summed E-state index contributed by atoms with van der Waals surface area (Å²) < 4.78 is 15.8. The van der Waals surface area contributed by atoms with Gasteiger partial charge < -0.3 is 10.2 Å². The molecule has 0 aliphatic carbocycles. The van der Waals surface area contributed by atoms with Crippen LogP contribution < -0.4 is 10.2 Å². The highest BCUT2D eigenvalue weighted by Crippen LogP contribution is 2.24. The van der Waals surface area contributed by atoms with Crippen LogP contribution in [-0.2, 0) is 6.54 Å². The van der Waals surface area contributed by atoms with E-state index in [-0.39, 0.29) is 5.82 Å². The third kappa shape index (κ3) is 3.52. The van der Waals surface area contributed by atoms with Gasteiger partial charge in [-0.25, -0.2) is 9.37 Å². The molecule has 0 aliphatic rings. The van der Waals surface area contributed by atoms with Crippen LogP contribution in [0.1, 0.15) is 5.56 Å². The molecule has 7 nitrogen and oxygen atoms in total. The minimum Gasteiger partial charge on any atom is -0.365 e. The van der Waals surface area contributed by atoms with Crippen molar-refractivity contribution in [2.45, 2.75) is 6.54 Å². The lowest BCUT2D eigenvalue weighted by molar-refractivity contribution is 0.629. The molecule has 5 rings (SSSR count). The number of hydrogen-bond donors (Lipinski definition) is 1. The molecule has 0 spiro atoms. The summed E-state index contributed by atoms with van der Waals surface area (Å²) in [5.41, 5.74) is 2.95. The maximum atomic E-state index is 14.3. The van der Waals surface area contributed by atoms with Crippen molar-refractivity contribution in [2.24, 2.45) is 0 Å². The standard InChI is InChI=1S/C23H20FN7/c1-30(2)22-13-15(16-7-4-6-10-19(16)26-22)14-25-20-11-12-21-27-28-23(31(21)29-20)17-8-3-5-9-18(17)24/h3-13H,14H2,1-2H3,(H,25,29). The Bertz CT molecular complexity index is 1390. The fourth-order valence-electron chi connectivity index (χ4n) is 3.49. The largest absolute Gasteiger partial charge is 0.365 e. The van der Waals surface area contributed by atoms with Gasteiger partial charge in [0.1, 0.15) is 17.5 Å². The highest BCUT2D eigenvalue weighted by molar-refractivity contribution is 5.84. The zero-order valence-electron chi connectivity index (χ0n) is 17.1. The summed E-state index contributed by atoms with van der Waals surface area (Å²) in [5, 5.41) is 17.3. The van der Waals surface area contributed by atoms with E-state index in [1.54, 1.807) is 22.7 Å². The van der Waals surface area contributed by atoms with Crippen LogP contribution in [0.15, 0.2) is 66.7 Å². The molecule has 154 valence electrons. The number of hydrogen-bond acceptors (Lipinski definition) is 6. The summed E-state index contributed by atoms with van der Waals surface area (Å²) in [5.74, 6) is 1.52. The second-order valence-electron chi connectivity index (χ2n) is 7.40. The Morgan fingerprint density at radius 3 is 2.61 bits per heavy atom. The van der Waals surface area contributed by atoms with Crippen molar-refractivity contribution in [2.75, 3.05) is 24.3 Å². The van der Waals surface area contributed by atoms with Crippen molar-refractivity contribution in [1.29, 1.82) is 0 Å². The summed E-state index contributed by atoms with van der Waals surface area (Å²) in [7, 11) is 3.94. The Hall–Kier alpha value is -4.07. The topological polar surface area (TPSA) is 71.2 Å². The van der Waals surface area contributed by atoms with E-state index >= 15 is 0 Å². The number of para-hydroxylation sites is 1. The van der Waals surface area contributed by atoms with E-state index in [9.17, 15) is 4.39 Å². The molecule has 0 aliphatic heterocycles. The van der Waals surface area contributed by atoms with Gasteiger partial charge in [-0.3, -0.25) is 0 Å². The lowest BCUT2D eigenvalue weighted by Crippen LogP contribution is -2.12. The smallest absolute Gasteiger partial charge is 0.188 e. The second-order valence-corrected chi connectivity index (χ2v) is 7.40. The predicted molar refractivity (Wildman–Crippen MR) is 120 cm³/mol. The molecule has 0 saturated carbocycles. The molecule has 0 amide bonds. The number of fused-ring (bicyclic) bond motifs is 2. The maximum absolute atomic E-state index is 14.3. The second kappa shape index (κ2) is 7.64. The molecule has 3 heterocycles. The first kappa shape index (κ1) is 18.9. The predicted octanol–water partition coefficient (Wildman–Crippen LogP) is 4.16. The van der Waals surface area contributed by atoms with Crippen LogP contribution in [0.2, 0.25) is 0 Å². The van der Waals surface area contributed by atoms with E-state index in [1.807, 2.05) is 49.3 Å². The van der Waals surface area contributed by atoms with Crippen LogP contribution in [0.25, 0.3) is 27.9 Å². The summed E-state index contributed by atoms with van der Waals surface area (Å²) in [6.45, 7) is 0.555. The van der Waals surface area contributed by atoms with Crippen LogP contribution in [0.3, 0.4) is 0 Å². The van der Waals surface area contributed by atoms with Crippen LogP contribution >= 0.6 is 0 Å². The van der Waals surface area contributed by atoms with E-state index in [0.29, 0.717) is 29.4 Å². The van der Waals surface area contributed by atoms with Gasteiger partial charge in [-0.15, -0.1) is 15.3 Å². The van der Waals surface area contributed by atoms with Crippen molar-refractivity contribution in [1.82, 2.24) is 24.8 Å². The van der Waals surface area contributed by atoms with E-state index in [1.165, 1.54) is 6.07 Å². The Balaban J connectivity index is 1.50. The van der Waals surface area contributed by atoms with Gasteiger partial charge in [0.15, 0.2) is 11.5 Å². The van der Waals surface area contributed by atoms with Crippen LogP contribution in [-0.4, -0.2) is 38.9 Å². The molecule has 0 unspecified atom stereocenters. The van der Waals surface area contributed by atoms with Crippen molar-refractivity contribution < 1.29 is 4.39 Å².